The van der Waals surface area contributed by atoms with E-state index in [-0.39, 0.29) is 5.69 Å². The van der Waals surface area contributed by atoms with Gasteiger partial charge in [0.15, 0.2) is 0 Å². The number of aromatic amines is 1. The lowest BCUT2D eigenvalue weighted by atomic mass is 10.1. The molecule has 3 aromatic heterocycles. The lowest BCUT2D eigenvalue weighted by Gasteiger charge is -2.12. The van der Waals surface area contributed by atoms with Gasteiger partial charge >= 0.3 is 0 Å². The number of anilines is 2. The van der Waals surface area contributed by atoms with Gasteiger partial charge in [0.05, 0.1) is 21.2 Å². The van der Waals surface area contributed by atoms with E-state index in [9.17, 15) is 10.1 Å². The second-order valence-electron chi connectivity index (χ2n) is 6.93. The Morgan fingerprint density at radius 3 is 2.58 bits per heavy atom. The summed E-state index contributed by atoms with van der Waals surface area (Å²) in [6, 6.07) is 8.19. The second-order valence-corrected chi connectivity index (χ2v) is 7.77. The molecule has 0 atom stereocenters. The third kappa shape index (κ3) is 5.18. The fraction of sp³-hybridized carbons (Fsp3) is 0.143. The van der Waals surface area contributed by atoms with Crippen LogP contribution in [0.4, 0.5) is 17.5 Å². The van der Waals surface area contributed by atoms with Crippen LogP contribution in [0.2, 0.25) is 10.0 Å². The van der Waals surface area contributed by atoms with Crippen LogP contribution in [0.5, 0.6) is 0 Å². The normalized spacial score (nSPS) is 10.8. The standard InChI is InChI=1S/C21H18Cl2N8O2/c1-12-17(31(32)33)4-5-18(29-12)24-6-9-27-21-28-11-15(20-25-7-8-26-20)19(30-21)14-3-2-13(22)10-16(14)23/h2-5,7-8,10-11H,6,9H2,1H3,(H,24,29)(H,25,26)(H,27,28,30). The average Bonchev–Trinajstić information content (AvgIpc) is 3.31. The molecule has 4 aromatic rings. The lowest BCUT2D eigenvalue weighted by molar-refractivity contribution is -0.385. The molecule has 0 aliphatic rings. The minimum absolute atomic E-state index is 0.0166. The van der Waals surface area contributed by atoms with E-state index in [2.05, 4.69) is 35.6 Å². The number of rotatable bonds is 8. The first-order chi connectivity index (χ1) is 15.9. The molecular formula is C21H18Cl2N8O2. The van der Waals surface area contributed by atoms with E-state index in [0.29, 0.717) is 63.2 Å². The molecule has 0 unspecified atom stereocenters. The number of pyridine rings is 1. The van der Waals surface area contributed by atoms with E-state index < -0.39 is 4.92 Å². The number of hydrogen-bond acceptors (Lipinski definition) is 8. The van der Waals surface area contributed by atoms with Gasteiger partial charge in [-0.05, 0) is 31.2 Å². The molecule has 12 heteroatoms. The highest BCUT2D eigenvalue weighted by molar-refractivity contribution is 6.36. The predicted octanol–water partition coefficient (Wildman–Crippen LogP) is 4.98. The van der Waals surface area contributed by atoms with Crippen LogP contribution in [0.1, 0.15) is 5.69 Å². The Hall–Kier alpha value is -3.76. The van der Waals surface area contributed by atoms with Gasteiger partial charge in [-0.3, -0.25) is 10.1 Å². The highest BCUT2D eigenvalue weighted by Gasteiger charge is 2.16. The summed E-state index contributed by atoms with van der Waals surface area (Å²) in [4.78, 5) is 31.1. The van der Waals surface area contributed by atoms with Gasteiger partial charge in [-0.25, -0.2) is 19.9 Å². The van der Waals surface area contributed by atoms with Crippen molar-refractivity contribution >= 4 is 40.7 Å². The van der Waals surface area contributed by atoms with Gasteiger partial charge < -0.3 is 15.6 Å². The summed E-state index contributed by atoms with van der Waals surface area (Å²) in [6.07, 6.45) is 5.03. The van der Waals surface area contributed by atoms with Crippen molar-refractivity contribution in [3.8, 4) is 22.6 Å². The van der Waals surface area contributed by atoms with Gasteiger partial charge in [-0.1, -0.05) is 23.2 Å². The van der Waals surface area contributed by atoms with Gasteiger partial charge in [-0.15, -0.1) is 0 Å². The Labute approximate surface area is 198 Å². The Morgan fingerprint density at radius 2 is 1.88 bits per heavy atom. The number of H-pyrrole nitrogens is 1. The van der Waals surface area contributed by atoms with Crippen molar-refractivity contribution in [3.63, 3.8) is 0 Å². The van der Waals surface area contributed by atoms with Crippen LogP contribution in [0.3, 0.4) is 0 Å². The monoisotopic (exact) mass is 484 g/mol. The summed E-state index contributed by atoms with van der Waals surface area (Å²) in [5.74, 6) is 1.56. The van der Waals surface area contributed by atoms with Crippen molar-refractivity contribution < 1.29 is 4.92 Å². The molecule has 168 valence electrons. The Balaban J connectivity index is 1.49. The van der Waals surface area contributed by atoms with E-state index in [1.54, 1.807) is 49.8 Å². The predicted molar refractivity (Wildman–Crippen MR) is 128 cm³/mol. The Bertz CT molecular complexity index is 1300. The Kier molecular flexibility index (Phi) is 6.66. The van der Waals surface area contributed by atoms with Crippen LogP contribution in [-0.4, -0.2) is 42.9 Å². The summed E-state index contributed by atoms with van der Waals surface area (Å²) in [6.45, 7) is 2.57. The molecule has 0 saturated carbocycles. The number of benzene rings is 1. The molecule has 1 aromatic carbocycles. The number of hydrogen-bond donors (Lipinski definition) is 3. The first-order valence-electron chi connectivity index (χ1n) is 9.84. The van der Waals surface area contributed by atoms with Crippen LogP contribution >= 0.6 is 23.2 Å². The Morgan fingerprint density at radius 1 is 1.06 bits per heavy atom. The molecule has 0 aliphatic carbocycles. The van der Waals surface area contributed by atoms with E-state index in [0.717, 1.165) is 0 Å². The molecule has 0 radical (unpaired) electrons. The van der Waals surface area contributed by atoms with Crippen molar-refractivity contribution in [2.24, 2.45) is 0 Å². The lowest BCUT2D eigenvalue weighted by Crippen LogP contribution is -2.16. The maximum atomic E-state index is 10.9. The van der Waals surface area contributed by atoms with Crippen LogP contribution in [0.15, 0.2) is 48.9 Å². The largest absolute Gasteiger partial charge is 0.368 e. The quantitative estimate of drug-likeness (QED) is 0.181. The third-order valence-corrected chi connectivity index (χ3v) is 5.25. The number of aryl methyl sites for hydroxylation is 1. The molecule has 0 amide bonds. The highest BCUT2D eigenvalue weighted by Crippen LogP contribution is 2.35. The minimum atomic E-state index is -0.456. The van der Waals surface area contributed by atoms with E-state index in [1.165, 1.54) is 6.07 Å². The highest BCUT2D eigenvalue weighted by atomic mass is 35.5. The molecule has 0 aliphatic heterocycles. The van der Waals surface area contributed by atoms with E-state index in [1.807, 2.05) is 0 Å². The number of nitro groups is 1. The fourth-order valence-electron chi connectivity index (χ4n) is 3.15. The molecule has 0 spiro atoms. The second kappa shape index (κ2) is 9.80. The van der Waals surface area contributed by atoms with Crippen molar-refractivity contribution in [1.29, 1.82) is 0 Å². The minimum Gasteiger partial charge on any atom is -0.368 e. The number of aromatic nitrogens is 5. The third-order valence-electron chi connectivity index (χ3n) is 4.70. The molecule has 33 heavy (non-hydrogen) atoms. The summed E-state index contributed by atoms with van der Waals surface area (Å²) in [5, 5.41) is 18.2. The van der Waals surface area contributed by atoms with Gasteiger partial charge in [0.25, 0.3) is 5.69 Å². The van der Waals surface area contributed by atoms with Crippen molar-refractivity contribution in [3.05, 3.63) is 74.8 Å². The van der Waals surface area contributed by atoms with E-state index >= 15 is 0 Å². The average molecular weight is 485 g/mol. The van der Waals surface area contributed by atoms with Crippen LogP contribution in [0, 0.1) is 17.0 Å². The van der Waals surface area contributed by atoms with Crippen molar-refractivity contribution in [2.75, 3.05) is 23.7 Å². The number of nitrogens with one attached hydrogen (secondary N) is 3. The first kappa shape index (κ1) is 22.4. The summed E-state index contributed by atoms with van der Waals surface area (Å²) in [7, 11) is 0. The summed E-state index contributed by atoms with van der Waals surface area (Å²) >= 11 is 12.5. The summed E-state index contributed by atoms with van der Waals surface area (Å²) in [5.41, 5.74) is 2.32. The van der Waals surface area contributed by atoms with Crippen LogP contribution in [0.25, 0.3) is 22.6 Å². The molecule has 3 N–H and O–H groups in total. The fourth-order valence-corrected chi connectivity index (χ4v) is 3.65. The van der Waals surface area contributed by atoms with E-state index in [4.69, 9.17) is 23.2 Å². The molecule has 3 heterocycles. The first-order valence-corrected chi connectivity index (χ1v) is 10.6. The molecule has 0 bridgehead atoms. The molecular weight excluding hydrogens is 467 g/mol. The van der Waals surface area contributed by atoms with Crippen molar-refractivity contribution in [2.45, 2.75) is 6.92 Å². The van der Waals surface area contributed by atoms with Crippen LogP contribution in [-0.2, 0) is 0 Å². The maximum absolute atomic E-state index is 10.9. The maximum Gasteiger partial charge on any atom is 0.290 e. The van der Waals surface area contributed by atoms with Crippen LogP contribution < -0.4 is 10.6 Å². The van der Waals surface area contributed by atoms with Gasteiger partial charge in [0, 0.05) is 48.3 Å². The number of imidazole rings is 1. The molecule has 10 nitrogen and oxygen atoms in total. The SMILES string of the molecule is Cc1nc(NCCNc2ncc(-c3ncc[nH]3)c(-c3ccc(Cl)cc3Cl)n2)ccc1[N+](=O)[O-]. The van der Waals surface area contributed by atoms with Gasteiger partial charge in [0.1, 0.15) is 17.3 Å². The smallest absolute Gasteiger partial charge is 0.290 e. The summed E-state index contributed by atoms with van der Waals surface area (Å²) < 4.78 is 0. The molecule has 0 fully saturated rings. The number of nitrogens with zero attached hydrogens (tertiary/aromatic N) is 5. The topological polar surface area (TPSA) is 135 Å². The molecule has 0 saturated heterocycles. The zero-order chi connectivity index (χ0) is 23.4. The molecule has 4 rings (SSSR count). The number of halogens is 2. The zero-order valence-corrected chi connectivity index (χ0v) is 18.9. The zero-order valence-electron chi connectivity index (χ0n) is 17.3. The van der Waals surface area contributed by atoms with Gasteiger partial charge in [0.2, 0.25) is 5.95 Å². The van der Waals surface area contributed by atoms with Crippen molar-refractivity contribution in [1.82, 2.24) is 24.9 Å². The van der Waals surface area contributed by atoms with Gasteiger partial charge in [-0.2, -0.15) is 0 Å².